The Morgan fingerprint density at radius 3 is 2.41 bits per heavy atom. The maximum atomic E-state index is 12.5. The number of rotatable bonds is 9. The van der Waals surface area contributed by atoms with Gasteiger partial charge in [0, 0.05) is 12.9 Å². The van der Waals surface area contributed by atoms with E-state index in [1.54, 1.807) is 26.8 Å². The van der Waals surface area contributed by atoms with Gasteiger partial charge in [0.1, 0.15) is 0 Å². The average Bonchev–Trinajstić information content (AvgIpc) is 2.48. The van der Waals surface area contributed by atoms with Crippen molar-refractivity contribution in [1.82, 2.24) is 0 Å². The van der Waals surface area contributed by atoms with Crippen molar-refractivity contribution in [2.75, 3.05) is 20.3 Å². The lowest BCUT2D eigenvalue weighted by Crippen LogP contribution is -2.10. The first-order valence-electron chi connectivity index (χ1n) is 7.65. The molecule has 0 spiro atoms. The first kappa shape index (κ1) is 19.1. The van der Waals surface area contributed by atoms with Gasteiger partial charge in [0.05, 0.1) is 19.3 Å². The molecule has 22 heavy (non-hydrogen) atoms. The van der Waals surface area contributed by atoms with Crippen molar-refractivity contribution < 1.29 is 18.3 Å². The summed E-state index contributed by atoms with van der Waals surface area (Å²) in [5.41, 5.74) is 3.39. The van der Waals surface area contributed by atoms with E-state index in [2.05, 4.69) is 13.0 Å². The molecule has 0 fully saturated rings. The van der Waals surface area contributed by atoms with Crippen LogP contribution in [0.25, 0.3) is 6.08 Å². The van der Waals surface area contributed by atoms with Gasteiger partial charge in [-0.2, -0.15) is 0 Å². The van der Waals surface area contributed by atoms with Gasteiger partial charge >= 0.3 is 7.60 Å². The highest BCUT2D eigenvalue weighted by molar-refractivity contribution is 7.57. The minimum Gasteiger partial charge on any atom is -0.381 e. The molecule has 0 N–H and O–H groups in total. The van der Waals surface area contributed by atoms with E-state index in [-0.39, 0.29) is 6.10 Å². The van der Waals surface area contributed by atoms with E-state index < -0.39 is 7.60 Å². The maximum Gasteiger partial charge on any atom is 0.354 e. The van der Waals surface area contributed by atoms with Crippen molar-refractivity contribution in [2.24, 2.45) is 0 Å². The molecule has 0 heterocycles. The predicted molar refractivity (Wildman–Crippen MR) is 91.2 cm³/mol. The average molecular weight is 326 g/mol. The zero-order chi connectivity index (χ0) is 16.6. The molecule has 1 aromatic rings. The summed E-state index contributed by atoms with van der Waals surface area (Å²) in [6.07, 6.45) is 2.76. The van der Waals surface area contributed by atoms with Gasteiger partial charge < -0.3 is 13.8 Å². The summed E-state index contributed by atoms with van der Waals surface area (Å²) in [5.74, 6) is 1.55. The van der Waals surface area contributed by atoms with Crippen LogP contribution in [0, 0.1) is 6.92 Å². The normalized spacial score (nSPS) is 13.7. The van der Waals surface area contributed by atoms with Crippen LogP contribution in [0.15, 0.2) is 24.0 Å². The van der Waals surface area contributed by atoms with E-state index in [1.165, 1.54) is 11.1 Å². The molecule has 0 saturated heterocycles. The topological polar surface area (TPSA) is 44.8 Å². The van der Waals surface area contributed by atoms with Gasteiger partial charge in [-0.05, 0) is 56.9 Å². The first-order chi connectivity index (χ1) is 10.5. The number of aryl methyl sites for hydroxylation is 1. The third-order valence-electron chi connectivity index (χ3n) is 3.40. The zero-order valence-corrected chi connectivity index (χ0v) is 15.1. The van der Waals surface area contributed by atoms with Crippen LogP contribution in [0.2, 0.25) is 0 Å². The molecular formula is C17H27O4P. The Morgan fingerprint density at radius 2 is 1.86 bits per heavy atom. The lowest BCUT2D eigenvalue weighted by Gasteiger charge is -2.16. The fourth-order valence-corrected chi connectivity index (χ4v) is 3.50. The second-order valence-electron chi connectivity index (χ2n) is 5.08. The van der Waals surface area contributed by atoms with Crippen LogP contribution in [0.5, 0.6) is 0 Å². The summed E-state index contributed by atoms with van der Waals surface area (Å²) in [7, 11) is -1.47. The second kappa shape index (κ2) is 9.26. The fraction of sp³-hybridized carbons (Fsp3) is 0.529. The molecule has 0 bridgehead atoms. The second-order valence-corrected chi connectivity index (χ2v) is 6.98. The Morgan fingerprint density at radius 1 is 1.23 bits per heavy atom. The van der Waals surface area contributed by atoms with Crippen LogP contribution in [-0.2, 0) is 24.8 Å². The van der Waals surface area contributed by atoms with Gasteiger partial charge in [-0.3, -0.25) is 4.57 Å². The Balaban J connectivity index is 3.08. The van der Waals surface area contributed by atoms with Crippen LogP contribution in [-0.4, -0.2) is 26.4 Å². The summed E-state index contributed by atoms with van der Waals surface area (Å²) in [6.45, 7) is 8.41. The van der Waals surface area contributed by atoms with Crippen LogP contribution in [0.1, 0.15) is 37.5 Å². The minimum atomic E-state index is -3.17. The van der Waals surface area contributed by atoms with Crippen molar-refractivity contribution in [3.8, 4) is 0 Å². The van der Waals surface area contributed by atoms with Gasteiger partial charge in [0.25, 0.3) is 0 Å². The Kier molecular flexibility index (Phi) is 8.05. The molecule has 0 aliphatic carbocycles. The van der Waals surface area contributed by atoms with E-state index in [1.807, 2.05) is 25.1 Å². The van der Waals surface area contributed by atoms with Gasteiger partial charge in [-0.15, -0.1) is 0 Å². The number of benzene rings is 1. The lowest BCUT2D eigenvalue weighted by molar-refractivity contribution is 0.118. The molecule has 0 radical (unpaired) electrons. The van der Waals surface area contributed by atoms with Crippen LogP contribution in [0.3, 0.4) is 0 Å². The SMILES string of the molecule is CCOP(=O)(/C=C/c1cccc(C)c1CC(C)OC)OCC. The number of methoxy groups -OCH3 is 1. The molecule has 0 saturated carbocycles. The monoisotopic (exact) mass is 326 g/mol. The van der Waals surface area contributed by atoms with Gasteiger partial charge in [-0.25, -0.2) is 0 Å². The van der Waals surface area contributed by atoms with E-state index in [0.717, 1.165) is 12.0 Å². The molecule has 5 heteroatoms. The summed E-state index contributed by atoms with van der Waals surface area (Å²) < 4.78 is 28.4. The van der Waals surface area contributed by atoms with Crippen LogP contribution >= 0.6 is 7.60 Å². The quantitative estimate of drug-likeness (QED) is 0.611. The standard InChI is InChI=1S/C17H27O4P/c1-6-20-22(18,21-7-2)12-11-16-10-8-9-14(3)17(16)13-15(4)19-5/h8-12,15H,6-7,13H2,1-5H3/b12-11+. The van der Waals surface area contributed by atoms with Crippen molar-refractivity contribution >= 4 is 13.7 Å². The third-order valence-corrected chi connectivity index (χ3v) is 5.15. The Labute approximate surface area is 134 Å². The van der Waals surface area contributed by atoms with Crippen LogP contribution < -0.4 is 0 Å². The summed E-state index contributed by atoms with van der Waals surface area (Å²) in [5, 5.41) is 0. The van der Waals surface area contributed by atoms with Crippen molar-refractivity contribution in [3.05, 3.63) is 40.7 Å². The highest BCUT2D eigenvalue weighted by Crippen LogP contribution is 2.50. The van der Waals surface area contributed by atoms with Crippen LogP contribution in [0.4, 0.5) is 0 Å². The largest absolute Gasteiger partial charge is 0.381 e. The molecule has 0 aromatic heterocycles. The maximum absolute atomic E-state index is 12.5. The molecule has 124 valence electrons. The van der Waals surface area contributed by atoms with Gasteiger partial charge in [0.15, 0.2) is 0 Å². The van der Waals surface area contributed by atoms with Gasteiger partial charge in [0.2, 0.25) is 0 Å². The summed E-state index contributed by atoms with van der Waals surface area (Å²) in [4.78, 5) is 0. The highest BCUT2D eigenvalue weighted by atomic mass is 31.2. The molecule has 1 unspecified atom stereocenters. The van der Waals surface area contributed by atoms with Crippen molar-refractivity contribution in [3.63, 3.8) is 0 Å². The third kappa shape index (κ3) is 5.69. The van der Waals surface area contributed by atoms with E-state index in [9.17, 15) is 4.57 Å². The van der Waals surface area contributed by atoms with Crippen molar-refractivity contribution in [1.29, 1.82) is 0 Å². The van der Waals surface area contributed by atoms with Gasteiger partial charge in [-0.1, -0.05) is 18.2 Å². The first-order valence-corrected chi connectivity index (χ1v) is 9.26. The smallest absolute Gasteiger partial charge is 0.354 e. The molecule has 1 rings (SSSR count). The van der Waals surface area contributed by atoms with E-state index >= 15 is 0 Å². The predicted octanol–water partition coefficient (Wildman–Crippen LogP) is 4.81. The zero-order valence-electron chi connectivity index (χ0n) is 14.2. The number of ether oxygens (including phenoxy) is 1. The molecule has 0 amide bonds. The van der Waals surface area contributed by atoms with Crippen molar-refractivity contribution in [2.45, 2.75) is 40.2 Å². The lowest BCUT2D eigenvalue weighted by atomic mass is 9.97. The molecular weight excluding hydrogens is 299 g/mol. The molecule has 1 atom stereocenters. The Hall–Kier alpha value is -0.930. The molecule has 0 aliphatic rings. The Bertz CT molecular complexity index is 529. The van der Waals surface area contributed by atoms with E-state index in [0.29, 0.717) is 13.2 Å². The molecule has 0 aliphatic heterocycles. The van der Waals surface area contributed by atoms with E-state index in [4.69, 9.17) is 13.8 Å². The fourth-order valence-electron chi connectivity index (χ4n) is 2.19. The summed E-state index contributed by atoms with van der Waals surface area (Å²) in [6, 6.07) is 6.06. The molecule has 1 aromatic carbocycles. The summed E-state index contributed by atoms with van der Waals surface area (Å²) >= 11 is 0. The number of hydrogen-bond acceptors (Lipinski definition) is 4. The minimum absolute atomic E-state index is 0.124. The number of hydrogen-bond donors (Lipinski definition) is 0. The highest BCUT2D eigenvalue weighted by Gasteiger charge is 2.19. The molecule has 4 nitrogen and oxygen atoms in total.